The van der Waals surface area contributed by atoms with Gasteiger partial charge in [0.25, 0.3) is 0 Å². The van der Waals surface area contributed by atoms with Crippen molar-refractivity contribution in [3.8, 4) is 0 Å². The molecule has 0 radical (unpaired) electrons. The molecule has 0 spiro atoms. The van der Waals surface area contributed by atoms with Crippen molar-refractivity contribution >= 4 is 11.7 Å². The van der Waals surface area contributed by atoms with Crippen molar-refractivity contribution in [3.05, 3.63) is 17.6 Å². The van der Waals surface area contributed by atoms with Crippen LogP contribution in [0, 0.1) is 0 Å². The minimum absolute atomic E-state index is 0.0493. The van der Waals surface area contributed by atoms with E-state index in [1.807, 2.05) is 27.7 Å². The second kappa shape index (κ2) is 18.9. The Hall–Kier alpha value is -1.45. The van der Waals surface area contributed by atoms with Gasteiger partial charge in [-0.15, -0.1) is 0 Å². The van der Waals surface area contributed by atoms with Gasteiger partial charge in [0, 0.05) is 17.7 Å². The van der Waals surface area contributed by atoms with Crippen LogP contribution >= 0.6 is 0 Å². The zero-order valence-corrected chi connectivity index (χ0v) is 17.7. The minimum atomic E-state index is 0.0493. The summed E-state index contributed by atoms with van der Waals surface area (Å²) in [5, 5.41) is 2.74. The summed E-state index contributed by atoms with van der Waals surface area (Å²) in [6, 6.07) is 0. The van der Waals surface area contributed by atoms with Crippen LogP contribution in [-0.2, 0) is 17.6 Å². The highest BCUT2D eigenvalue weighted by Gasteiger charge is 2.18. The van der Waals surface area contributed by atoms with Crippen LogP contribution in [0.5, 0.6) is 0 Å². The Bertz CT molecular complexity index is 422. The van der Waals surface area contributed by atoms with E-state index in [1.54, 1.807) is 0 Å². The van der Waals surface area contributed by atoms with E-state index in [-0.39, 0.29) is 5.91 Å². The molecule has 0 unspecified atom stereocenters. The molecule has 1 aliphatic heterocycles. The van der Waals surface area contributed by atoms with Crippen LogP contribution in [0.4, 0.5) is 5.82 Å². The number of fused-ring (bicyclic) bond motifs is 1. The summed E-state index contributed by atoms with van der Waals surface area (Å²) in [5.41, 5.74) is 2.15. The maximum absolute atomic E-state index is 11.1. The van der Waals surface area contributed by atoms with Crippen molar-refractivity contribution in [2.75, 3.05) is 5.32 Å². The molecule has 1 amide bonds. The van der Waals surface area contributed by atoms with E-state index in [0.29, 0.717) is 12.2 Å². The third kappa shape index (κ3) is 11.7. The summed E-state index contributed by atoms with van der Waals surface area (Å²) in [7, 11) is 0. The van der Waals surface area contributed by atoms with Gasteiger partial charge in [0.1, 0.15) is 12.1 Å². The molecule has 0 bridgehead atoms. The third-order valence-corrected chi connectivity index (χ3v) is 3.48. The van der Waals surface area contributed by atoms with E-state index >= 15 is 0 Å². The van der Waals surface area contributed by atoms with Gasteiger partial charge in [-0.2, -0.15) is 0 Å². The SMILES string of the molecule is C1CCCC1.CC.CC.CCC.CCc1ncnc2c1CCC(=O)N2. The van der Waals surface area contributed by atoms with Crippen LogP contribution in [0.1, 0.15) is 105 Å². The molecule has 3 rings (SSSR count). The van der Waals surface area contributed by atoms with Crippen LogP contribution in [-0.4, -0.2) is 15.9 Å². The normalized spacial score (nSPS) is 13.8. The van der Waals surface area contributed by atoms with E-state index in [1.165, 1.54) is 44.9 Å². The monoisotopic (exact) mass is 351 g/mol. The highest BCUT2D eigenvalue weighted by atomic mass is 16.1. The molecular weight excluding hydrogens is 310 g/mol. The lowest BCUT2D eigenvalue weighted by atomic mass is 10.0. The van der Waals surface area contributed by atoms with Crippen LogP contribution in [0.25, 0.3) is 0 Å². The number of amides is 1. The third-order valence-electron chi connectivity index (χ3n) is 3.48. The average Bonchev–Trinajstić information content (AvgIpc) is 3.25. The molecule has 2 aliphatic rings. The molecule has 1 aliphatic carbocycles. The Morgan fingerprint density at radius 1 is 0.880 bits per heavy atom. The van der Waals surface area contributed by atoms with Gasteiger partial charge < -0.3 is 5.32 Å². The van der Waals surface area contributed by atoms with Gasteiger partial charge >= 0.3 is 0 Å². The van der Waals surface area contributed by atoms with Crippen molar-refractivity contribution in [1.29, 1.82) is 0 Å². The highest BCUT2D eigenvalue weighted by molar-refractivity contribution is 5.92. The van der Waals surface area contributed by atoms with Gasteiger partial charge in [-0.3, -0.25) is 4.79 Å². The van der Waals surface area contributed by atoms with Crippen molar-refractivity contribution < 1.29 is 4.79 Å². The number of carbonyl (C=O) groups is 1. The fraction of sp³-hybridized carbons (Fsp3) is 0.762. The molecule has 0 saturated heterocycles. The Morgan fingerprint density at radius 2 is 1.36 bits per heavy atom. The standard InChI is InChI=1S/C9H11N3O.C5H10.C3H8.2C2H6/c1-2-7-6-3-4-8(13)12-9(6)11-5-10-7;1-2-4-5-3-1;1-3-2;2*1-2/h5H,2-4H2,1H3,(H,10,11,12,13);1-5H2;3H2,1-2H3;2*1-2H3. The Labute approximate surface area is 156 Å². The molecule has 4 nitrogen and oxygen atoms in total. The summed E-state index contributed by atoms with van der Waals surface area (Å²) in [6.45, 7) is 14.3. The number of hydrogen-bond donors (Lipinski definition) is 1. The number of nitrogens with zero attached hydrogens (tertiary/aromatic N) is 2. The van der Waals surface area contributed by atoms with Crippen molar-refractivity contribution in [1.82, 2.24) is 9.97 Å². The molecule has 1 saturated carbocycles. The average molecular weight is 352 g/mol. The predicted molar refractivity (Wildman–Crippen MR) is 110 cm³/mol. The zero-order chi connectivity index (χ0) is 19.5. The molecule has 0 aromatic carbocycles. The molecule has 1 N–H and O–H groups in total. The fourth-order valence-electron chi connectivity index (χ4n) is 2.44. The van der Waals surface area contributed by atoms with Gasteiger partial charge in [-0.25, -0.2) is 9.97 Å². The fourth-order valence-corrected chi connectivity index (χ4v) is 2.44. The maximum atomic E-state index is 11.1. The zero-order valence-electron chi connectivity index (χ0n) is 17.7. The topological polar surface area (TPSA) is 54.9 Å². The summed E-state index contributed by atoms with van der Waals surface area (Å²) < 4.78 is 0. The van der Waals surface area contributed by atoms with Crippen molar-refractivity contribution in [2.24, 2.45) is 0 Å². The molecule has 4 heteroatoms. The number of aryl methyl sites for hydroxylation is 1. The van der Waals surface area contributed by atoms with Crippen LogP contribution in [0.2, 0.25) is 0 Å². The van der Waals surface area contributed by atoms with E-state index in [9.17, 15) is 4.79 Å². The summed E-state index contributed by atoms with van der Waals surface area (Å²) >= 11 is 0. The molecule has 25 heavy (non-hydrogen) atoms. The second-order valence-corrected chi connectivity index (χ2v) is 5.52. The van der Waals surface area contributed by atoms with E-state index < -0.39 is 0 Å². The highest BCUT2D eigenvalue weighted by Crippen LogP contribution is 2.21. The predicted octanol–water partition coefficient (Wildman–Crippen LogP) is 6.34. The number of aromatic nitrogens is 2. The summed E-state index contributed by atoms with van der Waals surface area (Å²) in [5.74, 6) is 0.747. The van der Waals surface area contributed by atoms with Gasteiger partial charge in [-0.05, 0) is 12.8 Å². The van der Waals surface area contributed by atoms with Crippen LogP contribution in [0.3, 0.4) is 0 Å². The lowest BCUT2D eigenvalue weighted by molar-refractivity contribution is -0.116. The Morgan fingerprint density at radius 3 is 1.80 bits per heavy atom. The van der Waals surface area contributed by atoms with Crippen molar-refractivity contribution in [3.63, 3.8) is 0 Å². The van der Waals surface area contributed by atoms with Gasteiger partial charge in [0.15, 0.2) is 0 Å². The first-order valence-corrected chi connectivity index (χ1v) is 10.3. The summed E-state index contributed by atoms with van der Waals surface area (Å²) in [6.07, 6.45) is 12.5. The van der Waals surface area contributed by atoms with Crippen molar-refractivity contribution in [2.45, 2.75) is 106 Å². The minimum Gasteiger partial charge on any atom is -0.310 e. The first-order valence-electron chi connectivity index (χ1n) is 10.3. The van der Waals surface area contributed by atoms with E-state index in [2.05, 4.69) is 36.1 Å². The first-order chi connectivity index (χ1) is 12.2. The smallest absolute Gasteiger partial charge is 0.225 e. The molecular formula is C21H41N3O. The molecule has 0 atom stereocenters. The van der Waals surface area contributed by atoms with E-state index in [4.69, 9.17) is 0 Å². The molecule has 2 heterocycles. The van der Waals surface area contributed by atoms with Crippen LogP contribution in [0.15, 0.2) is 6.33 Å². The van der Waals surface area contributed by atoms with Gasteiger partial charge in [0.2, 0.25) is 5.91 Å². The maximum Gasteiger partial charge on any atom is 0.225 e. The molecule has 1 aromatic rings. The van der Waals surface area contributed by atoms with Gasteiger partial charge in [-0.1, -0.05) is 87.0 Å². The van der Waals surface area contributed by atoms with E-state index in [0.717, 1.165) is 24.1 Å². The summed E-state index contributed by atoms with van der Waals surface area (Å²) in [4.78, 5) is 19.3. The number of hydrogen-bond acceptors (Lipinski definition) is 3. The lowest BCUT2D eigenvalue weighted by Crippen LogP contribution is -2.21. The first kappa shape index (κ1) is 25.8. The second-order valence-electron chi connectivity index (χ2n) is 5.52. The lowest BCUT2D eigenvalue weighted by Gasteiger charge is -2.16. The number of carbonyl (C=O) groups excluding carboxylic acids is 1. The molecule has 146 valence electrons. The largest absolute Gasteiger partial charge is 0.310 e. The van der Waals surface area contributed by atoms with Crippen LogP contribution < -0.4 is 5.32 Å². The number of nitrogens with one attached hydrogen (secondary N) is 1. The molecule has 1 fully saturated rings. The Kier molecular flexibility index (Phi) is 19.5. The number of rotatable bonds is 1. The number of anilines is 1. The van der Waals surface area contributed by atoms with Gasteiger partial charge in [0.05, 0.1) is 0 Å². The Balaban J connectivity index is 0. The quantitative estimate of drug-likeness (QED) is 0.642. The molecule has 1 aromatic heterocycles.